The highest BCUT2D eigenvalue weighted by molar-refractivity contribution is 6.32. The van der Waals surface area contributed by atoms with Crippen molar-refractivity contribution in [3.63, 3.8) is 0 Å². The first-order valence-corrected chi connectivity index (χ1v) is 5.00. The Kier molecular flexibility index (Phi) is 2.94. The molecule has 2 rings (SSSR count). The standard InChI is InChI=1S/C9H5ClN4O4/c10-6-3-5(1-2-7(6)14(17)18)13-9(16)12-8(15)4-11-13/h1-4H,(H,12,15,16). The maximum Gasteiger partial charge on any atom is 0.349 e. The Morgan fingerprint density at radius 1 is 1.39 bits per heavy atom. The smallest absolute Gasteiger partial charge is 0.271 e. The van der Waals surface area contributed by atoms with Gasteiger partial charge in [-0.3, -0.25) is 19.9 Å². The fourth-order valence-corrected chi connectivity index (χ4v) is 1.56. The van der Waals surface area contributed by atoms with Gasteiger partial charge in [-0.05, 0) is 12.1 Å². The molecule has 0 amide bonds. The zero-order valence-corrected chi connectivity index (χ0v) is 9.42. The van der Waals surface area contributed by atoms with Crippen LogP contribution in [0.25, 0.3) is 5.69 Å². The van der Waals surface area contributed by atoms with Crippen LogP contribution in [-0.2, 0) is 0 Å². The first-order valence-electron chi connectivity index (χ1n) is 4.62. The zero-order valence-electron chi connectivity index (χ0n) is 8.66. The molecule has 1 aromatic heterocycles. The first kappa shape index (κ1) is 12.0. The molecular formula is C9H5ClN4O4. The third kappa shape index (κ3) is 2.13. The van der Waals surface area contributed by atoms with Crippen molar-refractivity contribution in [3.8, 4) is 5.69 Å². The summed E-state index contributed by atoms with van der Waals surface area (Å²) in [6, 6.07) is 3.67. The van der Waals surface area contributed by atoms with Crippen LogP contribution in [0.3, 0.4) is 0 Å². The second-order valence-corrected chi connectivity index (χ2v) is 3.65. The van der Waals surface area contributed by atoms with Gasteiger partial charge in [-0.25, -0.2) is 4.79 Å². The maximum atomic E-state index is 11.4. The van der Waals surface area contributed by atoms with E-state index < -0.39 is 16.2 Å². The van der Waals surface area contributed by atoms with Gasteiger partial charge in [0.2, 0.25) is 0 Å². The van der Waals surface area contributed by atoms with Crippen molar-refractivity contribution in [2.75, 3.05) is 0 Å². The number of benzene rings is 1. The summed E-state index contributed by atoms with van der Waals surface area (Å²) in [4.78, 5) is 34.2. The van der Waals surface area contributed by atoms with E-state index in [4.69, 9.17) is 11.6 Å². The lowest BCUT2D eigenvalue weighted by Crippen LogP contribution is -2.30. The third-order valence-electron chi connectivity index (χ3n) is 2.09. The van der Waals surface area contributed by atoms with Gasteiger partial charge in [0.15, 0.2) is 0 Å². The average Bonchev–Trinajstić information content (AvgIpc) is 2.28. The second kappa shape index (κ2) is 4.41. The Labute approximate surface area is 104 Å². The molecule has 1 N–H and O–H groups in total. The van der Waals surface area contributed by atoms with Crippen LogP contribution in [0.15, 0.2) is 34.0 Å². The van der Waals surface area contributed by atoms with Gasteiger partial charge < -0.3 is 0 Å². The van der Waals surface area contributed by atoms with Crippen molar-refractivity contribution >= 4 is 17.3 Å². The summed E-state index contributed by atoms with van der Waals surface area (Å²) >= 11 is 5.70. The van der Waals surface area contributed by atoms with E-state index in [2.05, 4.69) is 5.10 Å². The molecule has 2 aromatic rings. The molecule has 0 unspecified atom stereocenters. The summed E-state index contributed by atoms with van der Waals surface area (Å²) < 4.78 is 0.872. The number of halogens is 1. The highest BCUT2D eigenvalue weighted by Gasteiger charge is 2.13. The molecule has 1 heterocycles. The number of aromatic nitrogens is 3. The molecule has 0 spiro atoms. The molecule has 0 fully saturated rings. The lowest BCUT2D eigenvalue weighted by Gasteiger charge is -2.03. The predicted octanol–water partition coefficient (Wildman–Crippen LogP) is 0.482. The first-order chi connectivity index (χ1) is 8.49. The van der Waals surface area contributed by atoms with Gasteiger partial charge in [-0.15, -0.1) is 0 Å². The number of hydrogen-bond acceptors (Lipinski definition) is 5. The Bertz CT molecular complexity index is 736. The lowest BCUT2D eigenvalue weighted by atomic mass is 10.3. The van der Waals surface area contributed by atoms with E-state index in [-0.39, 0.29) is 16.4 Å². The molecule has 0 radical (unpaired) electrons. The van der Waals surface area contributed by atoms with Crippen LogP contribution < -0.4 is 11.2 Å². The molecule has 0 saturated carbocycles. The Morgan fingerprint density at radius 2 is 2.11 bits per heavy atom. The Balaban J connectivity index is 2.59. The van der Waals surface area contributed by atoms with Crippen LogP contribution in [0.4, 0.5) is 5.69 Å². The Morgan fingerprint density at radius 3 is 2.67 bits per heavy atom. The van der Waals surface area contributed by atoms with E-state index in [9.17, 15) is 19.7 Å². The monoisotopic (exact) mass is 268 g/mol. The molecule has 9 heteroatoms. The largest absolute Gasteiger partial charge is 0.349 e. The molecule has 0 aliphatic heterocycles. The highest BCUT2D eigenvalue weighted by atomic mass is 35.5. The fraction of sp³-hybridized carbons (Fsp3) is 0. The minimum atomic E-state index is -0.757. The minimum absolute atomic E-state index is 0.127. The zero-order chi connectivity index (χ0) is 13.3. The summed E-state index contributed by atoms with van der Waals surface area (Å²) in [6.45, 7) is 0. The van der Waals surface area contributed by atoms with Crippen LogP contribution in [0, 0.1) is 10.1 Å². The molecule has 18 heavy (non-hydrogen) atoms. The Hall–Kier alpha value is -2.48. The molecular weight excluding hydrogens is 264 g/mol. The summed E-state index contributed by atoms with van der Waals surface area (Å²) in [5.41, 5.74) is -1.46. The normalized spacial score (nSPS) is 10.3. The van der Waals surface area contributed by atoms with Gasteiger partial charge in [-0.2, -0.15) is 9.78 Å². The summed E-state index contributed by atoms with van der Waals surface area (Å²) in [7, 11) is 0. The van der Waals surface area contributed by atoms with E-state index in [0.29, 0.717) is 0 Å². The number of nitrogens with one attached hydrogen (secondary N) is 1. The van der Waals surface area contributed by atoms with Gasteiger partial charge in [0.25, 0.3) is 11.2 Å². The SMILES string of the molecule is O=c1cnn(-c2ccc([N+](=O)[O-])c(Cl)c2)c(=O)[nH]1. The molecule has 8 nitrogen and oxygen atoms in total. The van der Waals surface area contributed by atoms with E-state index in [1.54, 1.807) is 0 Å². The number of H-pyrrole nitrogens is 1. The van der Waals surface area contributed by atoms with Crippen molar-refractivity contribution in [2.45, 2.75) is 0 Å². The van der Waals surface area contributed by atoms with E-state index in [1.807, 2.05) is 4.98 Å². The summed E-state index contributed by atoms with van der Waals surface area (Å²) in [5, 5.41) is 14.0. The van der Waals surface area contributed by atoms with Gasteiger partial charge in [-0.1, -0.05) is 11.6 Å². The van der Waals surface area contributed by atoms with E-state index in [0.717, 1.165) is 16.9 Å². The van der Waals surface area contributed by atoms with Crippen LogP contribution >= 0.6 is 11.6 Å². The molecule has 92 valence electrons. The van der Waals surface area contributed by atoms with Gasteiger partial charge >= 0.3 is 5.69 Å². The minimum Gasteiger partial charge on any atom is -0.271 e. The van der Waals surface area contributed by atoms with Gasteiger partial charge in [0.05, 0.1) is 10.6 Å². The third-order valence-corrected chi connectivity index (χ3v) is 2.39. The van der Waals surface area contributed by atoms with Crippen molar-refractivity contribution < 1.29 is 4.92 Å². The van der Waals surface area contributed by atoms with Crippen LogP contribution in [-0.4, -0.2) is 19.7 Å². The van der Waals surface area contributed by atoms with Crippen molar-refractivity contribution in [1.29, 1.82) is 0 Å². The highest BCUT2D eigenvalue weighted by Crippen LogP contribution is 2.25. The number of nitrogens with zero attached hydrogens (tertiary/aromatic N) is 3. The van der Waals surface area contributed by atoms with Crippen molar-refractivity contribution in [2.24, 2.45) is 0 Å². The molecule has 0 atom stereocenters. The van der Waals surface area contributed by atoms with E-state index in [1.165, 1.54) is 12.1 Å². The fourth-order valence-electron chi connectivity index (χ4n) is 1.31. The second-order valence-electron chi connectivity index (χ2n) is 3.24. The molecule has 0 saturated heterocycles. The number of rotatable bonds is 2. The summed E-state index contributed by atoms with van der Waals surface area (Å²) in [6.07, 6.45) is 0.913. The number of nitro groups is 1. The number of nitro benzene ring substituents is 1. The van der Waals surface area contributed by atoms with Crippen molar-refractivity contribution in [1.82, 2.24) is 14.8 Å². The van der Waals surface area contributed by atoms with Crippen LogP contribution in [0.2, 0.25) is 5.02 Å². The van der Waals surface area contributed by atoms with Gasteiger partial charge in [0, 0.05) is 6.07 Å². The van der Waals surface area contributed by atoms with Crippen molar-refractivity contribution in [3.05, 3.63) is 60.4 Å². The summed E-state index contributed by atoms with van der Waals surface area (Å²) in [5.74, 6) is 0. The molecule has 1 aromatic carbocycles. The lowest BCUT2D eigenvalue weighted by molar-refractivity contribution is -0.384. The molecule has 0 aliphatic carbocycles. The van der Waals surface area contributed by atoms with Crippen LogP contribution in [0.1, 0.15) is 0 Å². The predicted molar refractivity (Wildman–Crippen MR) is 62.1 cm³/mol. The van der Waals surface area contributed by atoms with E-state index >= 15 is 0 Å². The number of hydrogen-bond donors (Lipinski definition) is 1. The average molecular weight is 269 g/mol. The molecule has 0 aliphatic rings. The topological polar surface area (TPSA) is 111 Å². The maximum absolute atomic E-state index is 11.4. The quantitative estimate of drug-likeness (QED) is 0.629. The van der Waals surface area contributed by atoms with Gasteiger partial charge in [0.1, 0.15) is 11.2 Å². The molecule has 0 bridgehead atoms. The number of aromatic amines is 1. The van der Waals surface area contributed by atoms with Crippen LogP contribution in [0.5, 0.6) is 0 Å².